The molecule has 0 aliphatic heterocycles. The van der Waals surface area contributed by atoms with E-state index in [-0.39, 0.29) is 12.8 Å². The Hall–Kier alpha value is -2.45. The fourth-order valence-corrected chi connectivity index (χ4v) is 7.89. The number of phosphoric acid groups is 1. The van der Waals surface area contributed by atoms with Gasteiger partial charge < -0.3 is 39.9 Å². The summed E-state index contributed by atoms with van der Waals surface area (Å²) in [6.45, 7) is 3.20. The Kier molecular flexibility index (Phi) is 36.1. The molecule has 0 aromatic rings. The Morgan fingerprint density at radius 3 is 1.40 bits per heavy atom. The van der Waals surface area contributed by atoms with Gasteiger partial charge in [-0.1, -0.05) is 152 Å². The van der Waals surface area contributed by atoms with Gasteiger partial charge in [-0.25, -0.2) is 4.57 Å². The molecule has 0 bridgehead atoms. The van der Waals surface area contributed by atoms with Gasteiger partial charge in [-0.05, 0) is 77.0 Å². The normalized spacial score (nSPS) is 22.2. The molecule has 1 aliphatic carbocycles. The van der Waals surface area contributed by atoms with Gasteiger partial charge in [0, 0.05) is 12.8 Å². The molecule has 6 N–H and O–H groups in total. The molecule has 0 aromatic carbocycles. The predicted molar refractivity (Wildman–Crippen MR) is 249 cm³/mol. The Balaban J connectivity index is 2.47. The van der Waals surface area contributed by atoms with Crippen molar-refractivity contribution in [1.82, 2.24) is 0 Å². The number of hydrogen-bond acceptors (Lipinski definition) is 12. The number of ether oxygens (including phenoxy) is 2. The molecular weight excluding hydrogens is 827 g/mol. The van der Waals surface area contributed by atoms with Crippen molar-refractivity contribution in [3.63, 3.8) is 0 Å². The lowest BCUT2D eigenvalue weighted by molar-refractivity contribution is -0.220. The smallest absolute Gasteiger partial charge is 0.462 e. The molecule has 1 rings (SSSR count). The Labute approximate surface area is 379 Å². The van der Waals surface area contributed by atoms with Crippen LogP contribution in [-0.4, -0.2) is 98.3 Å². The number of aliphatic hydroxyl groups is 5. The van der Waals surface area contributed by atoms with E-state index in [2.05, 4.69) is 74.6 Å². The van der Waals surface area contributed by atoms with Crippen LogP contribution in [0.15, 0.2) is 60.8 Å². The molecule has 0 radical (unpaired) electrons. The van der Waals surface area contributed by atoms with Gasteiger partial charge in [0.15, 0.2) is 6.10 Å². The van der Waals surface area contributed by atoms with Crippen molar-refractivity contribution >= 4 is 19.8 Å². The Morgan fingerprint density at radius 1 is 0.492 bits per heavy atom. The van der Waals surface area contributed by atoms with E-state index in [0.29, 0.717) is 12.8 Å². The van der Waals surface area contributed by atoms with E-state index in [9.17, 15) is 44.6 Å². The first-order valence-electron chi connectivity index (χ1n) is 24.1. The molecule has 0 spiro atoms. The van der Waals surface area contributed by atoms with Crippen LogP contribution in [0, 0.1) is 0 Å². The lowest BCUT2D eigenvalue weighted by atomic mass is 9.85. The molecule has 6 unspecified atom stereocenters. The quantitative estimate of drug-likeness (QED) is 0.0147. The van der Waals surface area contributed by atoms with Crippen molar-refractivity contribution < 1.29 is 63.1 Å². The third-order valence-electron chi connectivity index (χ3n) is 10.8. The Morgan fingerprint density at radius 2 is 0.889 bits per heavy atom. The van der Waals surface area contributed by atoms with Gasteiger partial charge in [-0.15, -0.1) is 0 Å². The minimum Gasteiger partial charge on any atom is -0.462 e. The van der Waals surface area contributed by atoms with Gasteiger partial charge in [-0.3, -0.25) is 18.6 Å². The number of aliphatic hydroxyl groups excluding tert-OH is 5. The van der Waals surface area contributed by atoms with Crippen LogP contribution in [0.2, 0.25) is 0 Å². The van der Waals surface area contributed by atoms with Crippen molar-refractivity contribution in [2.75, 3.05) is 13.2 Å². The zero-order valence-corrected chi connectivity index (χ0v) is 39.5. The monoisotopic (exact) mass is 913 g/mol. The molecule has 63 heavy (non-hydrogen) atoms. The minimum atomic E-state index is -5.13. The summed E-state index contributed by atoms with van der Waals surface area (Å²) in [4.78, 5) is 35.7. The number of hydrogen-bond donors (Lipinski definition) is 6. The minimum absolute atomic E-state index is 0.0824. The van der Waals surface area contributed by atoms with E-state index in [1.54, 1.807) is 0 Å². The highest BCUT2D eigenvalue weighted by atomic mass is 31.2. The summed E-state index contributed by atoms with van der Waals surface area (Å²) in [7, 11) is -5.13. The Bertz CT molecular complexity index is 1330. The number of unbranched alkanes of at least 4 members (excludes halogenated alkanes) is 17. The zero-order chi connectivity index (χ0) is 46.4. The summed E-state index contributed by atoms with van der Waals surface area (Å²) in [5.74, 6) is -1.14. The first-order chi connectivity index (χ1) is 30.4. The van der Waals surface area contributed by atoms with Gasteiger partial charge in [0.1, 0.15) is 43.2 Å². The molecule has 1 fully saturated rings. The van der Waals surface area contributed by atoms with E-state index in [1.807, 2.05) is 0 Å². The zero-order valence-electron chi connectivity index (χ0n) is 38.6. The molecule has 364 valence electrons. The molecule has 1 saturated carbocycles. The average molecular weight is 913 g/mol. The highest BCUT2D eigenvalue weighted by Gasteiger charge is 2.51. The predicted octanol–water partition coefficient (Wildman–Crippen LogP) is 9.73. The van der Waals surface area contributed by atoms with Gasteiger partial charge >= 0.3 is 19.8 Å². The highest BCUT2D eigenvalue weighted by molar-refractivity contribution is 7.47. The molecule has 8 atom stereocenters. The molecule has 0 heterocycles. The molecule has 13 nitrogen and oxygen atoms in total. The molecule has 0 saturated heterocycles. The number of carbonyl (C=O) groups excluding carboxylic acids is 2. The highest BCUT2D eigenvalue weighted by Crippen LogP contribution is 2.47. The van der Waals surface area contributed by atoms with Gasteiger partial charge in [0.05, 0.1) is 6.61 Å². The van der Waals surface area contributed by atoms with E-state index in [1.165, 1.54) is 57.8 Å². The van der Waals surface area contributed by atoms with E-state index in [4.69, 9.17) is 18.5 Å². The summed E-state index contributed by atoms with van der Waals surface area (Å²) in [6, 6.07) is 0. The summed E-state index contributed by atoms with van der Waals surface area (Å²) in [5.41, 5.74) is 0. The number of carbonyl (C=O) groups is 2. The maximum Gasteiger partial charge on any atom is 0.472 e. The maximum atomic E-state index is 12.8. The SMILES string of the molecule is CCC/C=C/C/C=C/C/C=C/C/C=C/CCCCCC(=O)OC[C@@H](COP(=O)(O)OC1C(O)C(O)C(O)[C@H](O)C1O)OC(=O)CCCCCCCCC/C=C/CCCCCCCC. The first-order valence-corrected chi connectivity index (χ1v) is 25.6. The van der Waals surface area contributed by atoms with Gasteiger partial charge in [0.25, 0.3) is 0 Å². The fraction of sp³-hybridized carbons (Fsp3) is 0.755. The number of esters is 2. The molecule has 0 aromatic heterocycles. The second-order valence-electron chi connectivity index (χ2n) is 16.6. The lowest BCUT2D eigenvalue weighted by Gasteiger charge is -2.41. The van der Waals surface area contributed by atoms with Crippen molar-refractivity contribution in [3.8, 4) is 0 Å². The van der Waals surface area contributed by atoms with Gasteiger partial charge in [-0.2, -0.15) is 0 Å². The second kappa shape index (κ2) is 38.8. The van der Waals surface area contributed by atoms with Crippen molar-refractivity contribution in [1.29, 1.82) is 0 Å². The molecular formula is C49H85O13P. The van der Waals surface area contributed by atoms with Crippen LogP contribution < -0.4 is 0 Å². The van der Waals surface area contributed by atoms with Crippen LogP contribution in [0.5, 0.6) is 0 Å². The average Bonchev–Trinajstić information content (AvgIpc) is 3.26. The van der Waals surface area contributed by atoms with Crippen molar-refractivity contribution in [2.45, 2.75) is 224 Å². The lowest BCUT2D eigenvalue weighted by Crippen LogP contribution is -2.64. The summed E-state index contributed by atoms with van der Waals surface area (Å²) < 4.78 is 33.5. The van der Waals surface area contributed by atoms with Gasteiger partial charge in [0.2, 0.25) is 0 Å². The number of allylic oxidation sites excluding steroid dienone is 10. The van der Waals surface area contributed by atoms with Crippen molar-refractivity contribution in [3.05, 3.63) is 60.8 Å². The van der Waals surface area contributed by atoms with E-state index in [0.717, 1.165) is 83.5 Å². The third kappa shape index (κ3) is 31.2. The molecule has 1 aliphatic rings. The fourth-order valence-electron chi connectivity index (χ4n) is 6.92. The van der Waals surface area contributed by atoms with Crippen LogP contribution in [-0.2, 0) is 32.7 Å². The number of rotatable bonds is 39. The van der Waals surface area contributed by atoms with E-state index < -0.39 is 75.7 Å². The first kappa shape index (κ1) is 58.6. The van der Waals surface area contributed by atoms with Crippen molar-refractivity contribution in [2.24, 2.45) is 0 Å². The standard InChI is InChI=1S/C49H85O13P/c1-3-5-7-9-11-13-15-17-19-21-23-25-27-29-31-33-35-37-42(50)59-39-41(40-60-63(57,58)62-49-47(55)45(53)44(52)46(54)48(49)56)61-43(51)38-36-34-32-30-28-26-24-22-20-18-16-14-12-10-8-6-4-2/h7,9,13,15,18-21,25,27,41,44-49,52-56H,3-6,8,10-12,14,16-17,22-24,26,28-40H2,1-2H3,(H,57,58)/b9-7+,15-13+,20-18+,21-19+,27-25+/t41-,44?,45-,46?,47?,48?,49?/m0/s1. The maximum absolute atomic E-state index is 12.8. The van der Waals surface area contributed by atoms with Crippen LogP contribution in [0.4, 0.5) is 0 Å². The summed E-state index contributed by atoms with van der Waals surface area (Å²) >= 11 is 0. The topological polar surface area (TPSA) is 210 Å². The largest absolute Gasteiger partial charge is 0.472 e. The van der Waals surface area contributed by atoms with Crippen LogP contribution in [0.25, 0.3) is 0 Å². The summed E-state index contributed by atoms with van der Waals surface area (Å²) in [5, 5.41) is 50.2. The third-order valence-corrected chi connectivity index (χ3v) is 11.8. The van der Waals surface area contributed by atoms with Crippen LogP contribution >= 0.6 is 7.82 Å². The van der Waals surface area contributed by atoms with E-state index >= 15 is 0 Å². The second-order valence-corrected chi connectivity index (χ2v) is 18.0. The number of phosphoric ester groups is 1. The molecule has 14 heteroatoms. The molecule has 0 amide bonds. The van der Waals surface area contributed by atoms with Crippen LogP contribution in [0.1, 0.15) is 181 Å². The summed E-state index contributed by atoms with van der Waals surface area (Å²) in [6.07, 6.45) is 34.1. The van der Waals surface area contributed by atoms with Crippen LogP contribution in [0.3, 0.4) is 0 Å².